The lowest BCUT2D eigenvalue weighted by molar-refractivity contribution is 0.220. The number of aliphatic hydroxyl groups excluding tert-OH is 1. The molecule has 0 aromatic heterocycles. The maximum atomic E-state index is 13.7. The summed E-state index contributed by atoms with van der Waals surface area (Å²) in [6.07, 6.45) is 2.18. The van der Waals surface area contributed by atoms with E-state index in [2.05, 4.69) is 16.7 Å². The first kappa shape index (κ1) is 14.3. The standard InChI is InChI=1S/C15H23FN2O/c1-3-18-9-7-12(8-10-18)17(2)15-6-4-5-14(16)13(15)11-19/h4-6,12,19H,3,7-11H2,1-2H3. The number of rotatable bonds is 4. The quantitative estimate of drug-likeness (QED) is 0.905. The van der Waals surface area contributed by atoms with Gasteiger partial charge in [-0.25, -0.2) is 4.39 Å². The minimum atomic E-state index is -0.321. The minimum absolute atomic E-state index is 0.250. The molecule has 1 N–H and O–H groups in total. The fourth-order valence-electron chi connectivity index (χ4n) is 2.85. The third kappa shape index (κ3) is 3.07. The van der Waals surface area contributed by atoms with Gasteiger partial charge in [-0.05, 0) is 31.5 Å². The summed E-state index contributed by atoms with van der Waals surface area (Å²) in [5.74, 6) is -0.321. The van der Waals surface area contributed by atoms with Crippen molar-refractivity contribution in [3.05, 3.63) is 29.6 Å². The van der Waals surface area contributed by atoms with Crippen molar-refractivity contribution in [3.63, 3.8) is 0 Å². The number of piperidine rings is 1. The van der Waals surface area contributed by atoms with Gasteiger partial charge in [0, 0.05) is 37.4 Å². The molecule has 106 valence electrons. The molecule has 0 atom stereocenters. The maximum absolute atomic E-state index is 13.7. The summed E-state index contributed by atoms with van der Waals surface area (Å²) in [7, 11) is 2.00. The summed E-state index contributed by atoms with van der Waals surface area (Å²) in [6.45, 7) is 5.21. The molecule has 0 radical (unpaired) electrons. The molecule has 1 saturated heterocycles. The molecule has 0 spiro atoms. The van der Waals surface area contributed by atoms with Crippen LogP contribution in [0.5, 0.6) is 0 Å². The monoisotopic (exact) mass is 266 g/mol. The molecule has 1 aromatic rings. The van der Waals surface area contributed by atoms with Crippen molar-refractivity contribution in [2.24, 2.45) is 0 Å². The van der Waals surface area contributed by atoms with E-state index in [1.54, 1.807) is 6.07 Å². The Bertz CT molecular complexity index is 417. The van der Waals surface area contributed by atoms with E-state index in [9.17, 15) is 9.50 Å². The lowest BCUT2D eigenvalue weighted by Gasteiger charge is -2.38. The van der Waals surface area contributed by atoms with Crippen LogP contribution in [0.3, 0.4) is 0 Å². The number of aliphatic hydroxyl groups is 1. The van der Waals surface area contributed by atoms with E-state index in [0.29, 0.717) is 11.6 Å². The highest BCUT2D eigenvalue weighted by molar-refractivity contribution is 5.54. The van der Waals surface area contributed by atoms with Crippen LogP contribution in [0.4, 0.5) is 10.1 Å². The lowest BCUT2D eigenvalue weighted by Crippen LogP contribution is -2.43. The van der Waals surface area contributed by atoms with Crippen LogP contribution in [-0.2, 0) is 6.61 Å². The van der Waals surface area contributed by atoms with Crippen molar-refractivity contribution in [1.82, 2.24) is 4.90 Å². The van der Waals surface area contributed by atoms with Crippen molar-refractivity contribution in [2.45, 2.75) is 32.4 Å². The normalized spacial score (nSPS) is 17.7. The van der Waals surface area contributed by atoms with Crippen molar-refractivity contribution in [3.8, 4) is 0 Å². The first-order chi connectivity index (χ1) is 9.17. The second kappa shape index (κ2) is 6.35. The zero-order chi connectivity index (χ0) is 13.8. The lowest BCUT2D eigenvalue weighted by atomic mass is 10.0. The topological polar surface area (TPSA) is 26.7 Å². The van der Waals surface area contributed by atoms with E-state index in [-0.39, 0.29) is 12.4 Å². The van der Waals surface area contributed by atoms with Crippen molar-refractivity contribution in [2.75, 3.05) is 31.6 Å². The van der Waals surface area contributed by atoms with Crippen LogP contribution >= 0.6 is 0 Å². The fraction of sp³-hybridized carbons (Fsp3) is 0.600. The van der Waals surface area contributed by atoms with Gasteiger partial charge in [0.15, 0.2) is 0 Å². The first-order valence-corrected chi connectivity index (χ1v) is 7.00. The number of hydrogen-bond acceptors (Lipinski definition) is 3. The van der Waals surface area contributed by atoms with Crippen molar-refractivity contribution >= 4 is 5.69 Å². The highest BCUT2D eigenvalue weighted by atomic mass is 19.1. The Kier molecular flexibility index (Phi) is 4.77. The first-order valence-electron chi connectivity index (χ1n) is 7.00. The Morgan fingerprint density at radius 3 is 2.63 bits per heavy atom. The summed E-state index contributed by atoms with van der Waals surface area (Å²) < 4.78 is 13.7. The number of benzene rings is 1. The smallest absolute Gasteiger partial charge is 0.130 e. The molecule has 1 aromatic carbocycles. The number of anilines is 1. The molecule has 0 saturated carbocycles. The summed E-state index contributed by atoms with van der Waals surface area (Å²) in [5, 5.41) is 9.35. The van der Waals surface area contributed by atoms with Gasteiger partial charge in [0.25, 0.3) is 0 Å². The van der Waals surface area contributed by atoms with Gasteiger partial charge in [-0.3, -0.25) is 0 Å². The number of hydrogen-bond donors (Lipinski definition) is 1. The molecule has 1 fully saturated rings. The molecule has 4 heteroatoms. The van der Waals surface area contributed by atoms with Gasteiger partial charge in [-0.1, -0.05) is 13.0 Å². The molecule has 0 aliphatic carbocycles. The Labute approximate surface area is 114 Å². The van der Waals surface area contributed by atoms with Crippen LogP contribution < -0.4 is 4.90 Å². The summed E-state index contributed by atoms with van der Waals surface area (Å²) in [6, 6.07) is 5.43. The summed E-state index contributed by atoms with van der Waals surface area (Å²) >= 11 is 0. The third-order valence-electron chi connectivity index (χ3n) is 4.18. The van der Waals surface area contributed by atoms with Crippen LogP contribution in [-0.4, -0.2) is 42.7 Å². The fourth-order valence-corrected chi connectivity index (χ4v) is 2.85. The maximum Gasteiger partial charge on any atom is 0.130 e. The van der Waals surface area contributed by atoms with Gasteiger partial charge in [-0.15, -0.1) is 0 Å². The predicted octanol–water partition coefficient (Wildman–Crippen LogP) is 2.24. The van der Waals surface area contributed by atoms with E-state index in [4.69, 9.17) is 0 Å². The average molecular weight is 266 g/mol. The highest BCUT2D eigenvalue weighted by Crippen LogP contribution is 2.27. The van der Waals surface area contributed by atoms with Gasteiger partial charge in [0.1, 0.15) is 5.82 Å². The minimum Gasteiger partial charge on any atom is -0.391 e. The zero-order valence-electron chi connectivity index (χ0n) is 11.8. The van der Waals surface area contributed by atoms with Crippen LogP contribution in [0.25, 0.3) is 0 Å². The van der Waals surface area contributed by atoms with Crippen LogP contribution in [0.15, 0.2) is 18.2 Å². The summed E-state index contributed by atoms with van der Waals surface area (Å²) in [5.41, 5.74) is 1.22. The van der Waals surface area contributed by atoms with Crippen LogP contribution in [0.2, 0.25) is 0 Å². The molecule has 1 heterocycles. The second-order valence-corrected chi connectivity index (χ2v) is 5.17. The van der Waals surface area contributed by atoms with Crippen LogP contribution in [0, 0.1) is 5.82 Å². The average Bonchev–Trinajstić information content (AvgIpc) is 2.46. The van der Waals surface area contributed by atoms with Crippen molar-refractivity contribution < 1.29 is 9.50 Å². The molecule has 0 amide bonds. The molecule has 1 aliphatic rings. The van der Waals surface area contributed by atoms with Gasteiger partial charge in [0.2, 0.25) is 0 Å². The van der Waals surface area contributed by atoms with E-state index < -0.39 is 0 Å². The van der Waals surface area contributed by atoms with Crippen molar-refractivity contribution in [1.29, 1.82) is 0 Å². The molecular formula is C15H23FN2O. The molecule has 2 rings (SSSR count). The molecular weight excluding hydrogens is 243 g/mol. The molecule has 0 unspecified atom stereocenters. The van der Waals surface area contributed by atoms with Gasteiger partial charge >= 0.3 is 0 Å². The molecule has 3 nitrogen and oxygen atoms in total. The largest absolute Gasteiger partial charge is 0.391 e. The Morgan fingerprint density at radius 2 is 2.05 bits per heavy atom. The van der Waals surface area contributed by atoms with Crippen LogP contribution in [0.1, 0.15) is 25.3 Å². The van der Waals surface area contributed by atoms with E-state index >= 15 is 0 Å². The van der Waals surface area contributed by atoms with Gasteiger partial charge in [-0.2, -0.15) is 0 Å². The number of nitrogens with zero attached hydrogens (tertiary/aromatic N) is 2. The second-order valence-electron chi connectivity index (χ2n) is 5.17. The van der Waals surface area contributed by atoms with Gasteiger partial charge < -0.3 is 14.9 Å². The van der Waals surface area contributed by atoms with E-state index in [1.807, 2.05) is 13.1 Å². The Balaban J connectivity index is 2.12. The van der Waals surface area contributed by atoms with Gasteiger partial charge in [0.05, 0.1) is 6.61 Å². The molecule has 0 bridgehead atoms. The number of likely N-dealkylation sites (tertiary alicyclic amines) is 1. The molecule has 1 aliphatic heterocycles. The van der Waals surface area contributed by atoms with E-state index in [0.717, 1.165) is 38.2 Å². The number of halogens is 1. The Morgan fingerprint density at radius 1 is 1.37 bits per heavy atom. The highest BCUT2D eigenvalue weighted by Gasteiger charge is 2.23. The SMILES string of the molecule is CCN1CCC(N(C)c2cccc(F)c2CO)CC1. The molecule has 19 heavy (non-hydrogen) atoms. The zero-order valence-corrected chi connectivity index (χ0v) is 11.8. The third-order valence-corrected chi connectivity index (χ3v) is 4.18. The predicted molar refractivity (Wildman–Crippen MR) is 75.9 cm³/mol. The van der Waals surface area contributed by atoms with E-state index in [1.165, 1.54) is 6.07 Å². The summed E-state index contributed by atoms with van der Waals surface area (Å²) in [4.78, 5) is 4.56. The Hall–Kier alpha value is -1.13.